The Bertz CT molecular complexity index is 392. The van der Waals surface area contributed by atoms with Crippen LogP contribution in [0, 0.1) is 0 Å². The summed E-state index contributed by atoms with van der Waals surface area (Å²) in [5.41, 5.74) is 0. The second kappa shape index (κ2) is 5.28. The van der Waals surface area contributed by atoms with Gasteiger partial charge in [-0.25, -0.2) is 19.1 Å². The summed E-state index contributed by atoms with van der Waals surface area (Å²) in [6, 6.07) is -0.816. The van der Waals surface area contributed by atoms with E-state index in [1.165, 1.54) is 26.4 Å². The van der Waals surface area contributed by atoms with Crippen molar-refractivity contribution in [3.63, 3.8) is 0 Å². The molecule has 1 heterocycles. The number of aliphatic carboxylic acids is 2. The molecule has 7 heteroatoms. The van der Waals surface area contributed by atoms with Crippen LogP contribution in [0.25, 0.3) is 0 Å². The van der Waals surface area contributed by atoms with Gasteiger partial charge in [0.25, 0.3) is 0 Å². The smallest absolute Gasteiger partial charge is 0.363 e. The largest absolute Gasteiger partial charge is 0.479 e. The van der Waals surface area contributed by atoms with Gasteiger partial charge in [-0.15, -0.1) is 0 Å². The summed E-state index contributed by atoms with van der Waals surface area (Å²) in [5.74, 6) is -2.10. The zero-order valence-electron chi connectivity index (χ0n) is 10.5. The lowest BCUT2D eigenvalue weighted by Crippen LogP contribution is -2.58. The van der Waals surface area contributed by atoms with E-state index in [0.29, 0.717) is 0 Å². The summed E-state index contributed by atoms with van der Waals surface area (Å²) >= 11 is 0. The van der Waals surface area contributed by atoms with Crippen molar-refractivity contribution in [3.8, 4) is 0 Å². The number of ether oxygens (including phenoxy) is 1. The van der Waals surface area contributed by atoms with E-state index in [-0.39, 0.29) is 4.48 Å². The molecule has 0 bridgehead atoms. The zero-order chi connectivity index (χ0) is 13.9. The minimum atomic E-state index is -1.09. The molecule has 0 radical (unpaired) electrons. The number of rotatable bonds is 6. The highest BCUT2D eigenvalue weighted by Crippen LogP contribution is 2.24. The molecule has 0 aromatic heterocycles. The normalized spacial score (nSPS) is 26.8. The number of nitrogens with zero attached hydrogens (tertiary/aromatic N) is 2. The van der Waals surface area contributed by atoms with Crippen LogP contribution >= 0.6 is 0 Å². The van der Waals surface area contributed by atoms with E-state index in [4.69, 9.17) is 14.9 Å². The Balaban J connectivity index is 2.93. The van der Waals surface area contributed by atoms with E-state index >= 15 is 0 Å². The van der Waals surface area contributed by atoms with Crippen LogP contribution in [0.2, 0.25) is 0 Å². The summed E-state index contributed by atoms with van der Waals surface area (Å²) in [4.78, 5) is 25.8. The summed E-state index contributed by atoms with van der Waals surface area (Å²) in [7, 11) is 0. The van der Waals surface area contributed by atoms with Crippen LogP contribution in [0.15, 0.2) is 17.4 Å². The highest BCUT2D eigenvalue weighted by atomic mass is 16.5. The monoisotopic (exact) mass is 257 g/mol. The Hall–Kier alpha value is -1.73. The van der Waals surface area contributed by atoms with E-state index in [1.54, 1.807) is 13.1 Å². The molecule has 1 rings (SSSR count). The van der Waals surface area contributed by atoms with Gasteiger partial charge in [-0.3, -0.25) is 0 Å². The van der Waals surface area contributed by atoms with Crippen LogP contribution in [0.4, 0.5) is 0 Å². The third-order valence-electron chi connectivity index (χ3n) is 3.08. The average Bonchev–Trinajstić information content (AvgIpc) is 2.77. The van der Waals surface area contributed by atoms with Crippen molar-refractivity contribution in [2.45, 2.75) is 39.1 Å². The van der Waals surface area contributed by atoms with E-state index in [1.807, 2.05) is 0 Å². The van der Waals surface area contributed by atoms with E-state index in [2.05, 4.69) is 4.99 Å². The molecule has 4 atom stereocenters. The predicted molar refractivity (Wildman–Crippen MR) is 62.6 cm³/mol. The summed E-state index contributed by atoms with van der Waals surface area (Å²) < 4.78 is 5.18. The molecule has 1 aliphatic rings. The lowest BCUT2D eigenvalue weighted by Gasteiger charge is -2.36. The third kappa shape index (κ3) is 2.57. The SMILES string of the molecule is CC(OC(C)[N+]1(C(C)C(=O)O)C=CN=C1)C(=O)O. The minimum Gasteiger partial charge on any atom is -0.479 e. The Labute approximate surface area is 105 Å². The van der Waals surface area contributed by atoms with Gasteiger partial charge in [-0.2, -0.15) is 0 Å². The summed E-state index contributed by atoms with van der Waals surface area (Å²) in [6.45, 7) is 4.55. The quantitative estimate of drug-likeness (QED) is 0.680. The Kier molecular flexibility index (Phi) is 4.20. The van der Waals surface area contributed by atoms with Crippen LogP contribution in [0.5, 0.6) is 0 Å². The lowest BCUT2D eigenvalue weighted by molar-refractivity contribution is -0.849. The second-order valence-corrected chi connectivity index (χ2v) is 4.19. The molecular weight excluding hydrogens is 240 g/mol. The van der Waals surface area contributed by atoms with E-state index in [9.17, 15) is 9.59 Å². The molecule has 1 aliphatic heterocycles. The first kappa shape index (κ1) is 14.3. The van der Waals surface area contributed by atoms with Crippen LogP contribution in [0.3, 0.4) is 0 Å². The number of carboxylic acids is 2. The zero-order valence-corrected chi connectivity index (χ0v) is 10.5. The second-order valence-electron chi connectivity index (χ2n) is 4.19. The van der Waals surface area contributed by atoms with Crippen molar-refractivity contribution in [1.82, 2.24) is 0 Å². The molecule has 0 aromatic rings. The van der Waals surface area contributed by atoms with Gasteiger partial charge in [-0.1, -0.05) is 0 Å². The van der Waals surface area contributed by atoms with Gasteiger partial charge < -0.3 is 14.9 Å². The molecule has 100 valence electrons. The Morgan fingerprint density at radius 2 is 1.83 bits per heavy atom. The number of quaternary nitrogens is 1. The van der Waals surface area contributed by atoms with Crippen LogP contribution < -0.4 is 0 Å². The van der Waals surface area contributed by atoms with Crippen molar-refractivity contribution < 1.29 is 29.0 Å². The van der Waals surface area contributed by atoms with Gasteiger partial charge in [0.15, 0.2) is 18.5 Å². The van der Waals surface area contributed by atoms with Crippen LogP contribution in [0.1, 0.15) is 20.8 Å². The standard InChI is InChI=1S/C11H16N2O5/c1-7(10(14)15)13(5-4-12-6-13)9(3)18-8(2)11(16)17/h4-9H,1-3H3,(H-,14,15,16,17)/p+1. The number of carbonyl (C=O) groups is 2. The molecule has 0 fully saturated rings. The summed E-state index contributed by atoms with van der Waals surface area (Å²) in [5, 5.41) is 17.9. The topological polar surface area (TPSA) is 96.2 Å². The van der Waals surface area contributed by atoms with Crippen molar-refractivity contribution in [1.29, 1.82) is 0 Å². The molecule has 0 aromatic carbocycles. The minimum absolute atomic E-state index is 0.160. The first-order chi connectivity index (χ1) is 8.31. The molecule has 0 aliphatic carbocycles. The average molecular weight is 257 g/mol. The Morgan fingerprint density at radius 1 is 1.22 bits per heavy atom. The van der Waals surface area contributed by atoms with Crippen molar-refractivity contribution in [3.05, 3.63) is 12.4 Å². The fourth-order valence-electron chi connectivity index (χ4n) is 1.76. The maximum atomic E-state index is 11.1. The van der Waals surface area contributed by atoms with Gasteiger partial charge in [0.05, 0.1) is 6.20 Å². The molecule has 18 heavy (non-hydrogen) atoms. The lowest BCUT2D eigenvalue weighted by atomic mass is 10.2. The number of carboxylic acid groups (broad SMARTS) is 2. The van der Waals surface area contributed by atoms with Gasteiger partial charge >= 0.3 is 11.9 Å². The number of hydrogen-bond donors (Lipinski definition) is 2. The molecule has 0 amide bonds. The molecule has 7 nitrogen and oxygen atoms in total. The molecule has 0 spiro atoms. The maximum absolute atomic E-state index is 11.1. The third-order valence-corrected chi connectivity index (χ3v) is 3.08. The fraction of sp³-hybridized carbons (Fsp3) is 0.545. The van der Waals surface area contributed by atoms with Crippen molar-refractivity contribution >= 4 is 18.3 Å². The van der Waals surface area contributed by atoms with Gasteiger partial charge in [0.1, 0.15) is 6.20 Å². The van der Waals surface area contributed by atoms with Crippen molar-refractivity contribution in [2.24, 2.45) is 4.99 Å². The van der Waals surface area contributed by atoms with E-state index < -0.39 is 30.3 Å². The number of hydrogen-bond acceptors (Lipinski definition) is 4. The molecule has 2 N–H and O–H groups in total. The maximum Gasteiger partial charge on any atom is 0.363 e. The molecule has 4 unspecified atom stereocenters. The molecule has 0 saturated carbocycles. The van der Waals surface area contributed by atoms with E-state index in [0.717, 1.165) is 0 Å². The highest BCUT2D eigenvalue weighted by molar-refractivity contribution is 5.74. The van der Waals surface area contributed by atoms with Gasteiger partial charge in [0.2, 0.25) is 6.23 Å². The van der Waals surface area contributed by atoms with Crippen molar-refractivity contribution in [2.75, 3.05) is 0 Å². The van der Waals surface area contributed by atoms with Gasteiger partial charge in [-0.05, 0) is 13.8 Å². The first-order valence-electron chi connectivity index (χ1n) is 5.52. The molecular formula is C11H17N2O5+. The fourth-order valence-corrected chi connectivity index (χ4v) is 1.76. The summed E-state index contributed by atoms with van der Waals surface area (Å²) in [6.07, 6.45) is 2.82. The van der Waals surface area contributed by atoms with Gasteiger partial charge in [0, 0.05) is 6.92 Å². The predicted octanol–water partition coefficient (Wildman–Crippen LogP) is 0.625. The van der Waals surface area contributed by atoms with Crippen LogP contribution in [-0.4, -0.2) is 51.3 Å². The highest BCUT2D eigenvalue weighted by Gasteiger charge is 2.44. The first-order valence-corrected chi connectivity index (χ1v) is 5.52. The Morgan fingerprint density at radius 3 is 2.22 bits per heavy atom. The van der Waals surface area contributed by atoms with Crippen LogP contribution in [-0.2, 0) is 14.3 Å². The molecule has 0 saturated heterocycles. The number of aliphatic imine (C=N–C) groups is 1.